The van der Waals surface area contributed by atoms with Crippen LogP contribution in [0.2, 0.25) is 0 Å². The topological polar surface area (TPSA) is 559 Å². The molecule has 63 heavy (non-hydrogen) atoms. The zero-order chi connectivity index (χ0) is 43.0. The first kappa shape index (κ1) is 83.8. The summed E-state index contributed by atoms with van der Waals surface area (Å²) in [6.07, 6.45) is -27.5. The molecular weight excluding hydrogens is 1140 g/mol. The van der Waals surface area contributed by atoms with Gasteiger partial charge in [0.2, 0.25) is 89.0 Å². The van der Waals surface area contributed by atoms with Crippen molar-refractivity contribution in [1.29, 1.82) is 0 Å². The van der Waals surface area contributed by atoms with E-state index in [-0.39, 0.29) is 236 Å². The quantitative estimate of drug-likeness (QED) is 0.0585. The molecule has 0 N–H and O–H groups in total. The van der Waals surface area contributed by atoms with E-state index in [0.29, 0.717) is 0 Å². The minimum atomic E-state index is -6.58. The van der Waals surface area contributed by atoms with Crippen LogP contribution in [0.3, 0.4) is 0 Å². The summed E-state index contributed by atoms with van der Waals surface area (Å²) in [7, 11) is -50.8. The Balaban J connectivity index is -0.000000784. The molecule has 0 aromatic carbocycles. The van der Waals surface area contributed by atoms with Gasteiger partial charge in [0.15, 0.2) is 18.5 Å². The van der Waals surface area contributed by atoms with E-state index in [2.05, 4.69) is 33.5 Å². The molecule has 0 spiro atoms. The molecule has 9 atom stereocenters. The Labute approximate surface area is 535 Å². The van der Waals surface area contributed by atoms with E-state index in [4.69, 9.17) is 14.2 Å². The molecule has 0 radical (unpaired) electrons. The smallest absolute Gasteiger partial charge is 0.726 e. The maximum absolute atomic E-state index is 11.7. The molecule has 2 rings (SSSR count). The third-order valence-electron chi connectivity index (χ3n) is 5.65. The second-order valence-electron chi connectivity index (χ2n) is 9.49. The first-order chi connectivity index (χ1) is 24.2. The molecule has 0 aromatic heterocycles. The molecule has 2 heterocycles. The summed E-state index contributed by atoms with van der Waals surface area (Å²) in [6, 6.07) is 0. The van der Waals surface area contributed by atoms with Gasteiger partial charge in [-0.25, -0.2) is 67.3 Å². The number of ether oxygens (including phenoxy) is 3. The van der Waals surface area contributed by atoms with E-state index in [1.807, 2.05) is 0 Å². The van der Waals surface area contributed by atoms with E-state index < -0.39 is 158 Å². The van der Waals surface area contributed by atoms with Gasteiger partial charge in [-0.1, -0.05) is 0 Å². The van der Waals surface area contributed by atoms with E-state index in [1.165, 1.54) is 0 Å². The second-order valence-corrected chi connectivity index (χ2v) is 17.7. The first-order valence-electron chi connectivity index (χ1n) is 12.2. The van der Waals surface area contributed by atoms with Gasteiger partial charge in [-0.2, -0.15) is 0 Å². The van der Waals surface area contributed by atoms with Gasteiger partial charge in [0.1, 0.15) is 37.1 Å². The van der Waals surface area contributed by atoms with Crippen LogP contribution in [0.15, 0.2) is 0 Å². The van der Waals surface area contributed by atoms with Crippen molar-refractivity contribution in [2.75, 3.05) is 19.8 Å². The Morgan fingerprint density at radius 1 is 0.381 bits per heavy atom. The minimum absolute atomic E-state index is 0. The van der Waals surface area contributed by atoms with Gasteiger partial charge >= 0.3 is 236 Å². The van der Waals surface area contributed by atoms with Gasteiger partial charge in [-0.15, -0.1) is 0 Å². The van der Waals surface area contributed by atoms with E-state index in [1.54, 1.807) is 0 Å². The number of hydrogen-bond donors (Lipinski definition) is 0. The monoisotopic (exact) mass is 1160 g/mol. The van der Waals surface area contributed by atoms with Gasteiger partial charge in [0, 0.05) is 0 Å². The molecule has 0 amide bonds. The van der Waals surface area contributed by atoms with Crippen molar-refractivity contribution < 1.29 is 388 Å². The van der Waals surface area contributed by atoms with Crippen LogP contribution in [0.4, 0.5) is 0 Å². The molecule has 35 nitrogen and oxygen atoms in total. The summed E-state index contributed by atoms with van der Waals surface area (Å²) in [5, 5.41) is 0. The minimum Gasteiger partial charge on any atom is -0.726 e. The first-order valence-corrected chi connectivity index (χ1v) is 22.9. The summed E-state index contributed by atoms with van der Waals surface area (Å²) in [6.45, 7) is -6.74. The SMILES string of the molecule is O=S(=O)([O-])OC[C@H]1O[C@@](COS(=O)(=O)[O-])(OC2O[C@H](COS(=O)(=O)[O-])[C@@H](OS(=O)(=O)[O-])[C@H](OS(=O)(=O)[O-])[C@H]2OS(=O)(=O)[O-])[C@@H](OS(=O)(=O)[O-])[C@@H]1OS(=O)(=O)[O-].[Na+].[Na+].[Na+].[Na+].[Na+].[Na+].[Na+].[Na+]. The van der Waals surface area contributed by atoms with Gasteiger partial charge in [0.05, 0.1) is 13.2 Å². The van der Waals surface area contributed by atoms with E-state index >= 15 is 0 Å². The fourth-order valence-electron chi connectivity index (χ4n) is 4.21. The van der Waals surface area contributed by atoms with Crippen LogP contribution >= 0.6 is 0 Å². The van der Waals surface area contributed by atoms with Crippen LogP contribution in [0.25, 0.3) is 0 Å². The summed E-state index contributed by atoms with van der Waals surface area (Å²) in [4.78, 5) is 0. The Morgan fingerprint density at radius 2 is 0.698 bits per heavy atom. The van der Waals surface area contributed by atoms with Gasteiger partial charge in [0.25, 0.3) is 0 Å². The molecule has 2 fully saturated rings. The normalized spacial score (nSPS) is 26.8. The van der Waals surface area contributed by atoms with Crippen LogP contribution in [0.1, 0.15) is 0 Å². The molecule has 2 saturated heterocycles. The van der Waals surface area contributed by atoms with Crippen molar-refractivity contribution in [2.24, 2.45) is 0 Å². The third kappa shape index (κ3) is 34.2. The van der Waals surface area contributed by atoms with Crippen molar-refractivity contribution in [2.45, 2.75) is 54.8 Å². The molecule has 0 saturated carbocycles. The van der Waals surface area contributed by atoms with Crippen molar-refractivity contribution in [3.63, 3.8) is 0 Å². The van der Waals surface area contributed by atoms with Crippen LogP contribution in [-0.4, -0.2) is 178 Å². The molecule has 0 bridgehead atoms. The third-order valence-corrected chi connectivity index (χ3v) is 9.18. The molecule has 2 aliphatic heterocycles. The average molecular weight is 1160 g/mol. The Morgan fingerprint density at radius 3 is 1.05 bits per heavy atom. The molecule has 1 unspecified atom stereocenters. The summed E-state index contributed by atoms with van der Waals surface area (Å²) in [5.41, 5.74) is 0. The van der Waals surface area contributed by atoms with Crippen LogP contribution < -0.4 is 236 Å². The van der Waals surface area contributed by atoms with Crippen molar-refractivity contribution in [1.82, 2.24) is 0 Å². The van der Waals surface area contributed by atoms with Gasteiger partial charge in [-0.3, -0.25) is 33.5 Å². The molecule has 0 aliphatic carbocycles. The number of rotatable bonds is 21. The maximum Gasteiger partial charge on any atom is 1.00 e. The largest absolute Gasteiger partial charge is 1.00 e. The zero-order valence-corrected chi connectivity index (χ0v) is 55.3. The zero-order valence-electron chi connectivity index (χ0n) is 32.8. The van der Waals surface area contributed by atoms with Crippen molar-refractivity contribution in [3.05, 3.63) is 0 Å². The predicted octanol–water partition coefficient (Wildman–Crippen LogP) is -33.5. The van der Waals surface area contributed by atoms with E-state index in [9.17, 15) is 104 Å². The predicted molar refractivity (Wildman–Crippen MR) is 137 cm³/mol. The molecular formula is C12H14Na8O35S8. The Bertz CT molecular complexity index is 2310. The van der Waals surface area contributed by atoms with Crippen LogP contribution in [-0.2, 0) is 131 Å². The van der Waals surface area contributed by atoms with Gasteiger partial charge < -0.3 is 50.6 Å². The molecule has 0 aromatic rings. The van der Waals surface area contributed by atoms with Crippen molar-refractivity contribution >= 4 is 83.2 Å². The van der Waals surface area contributed by atoms with Crippen LogP contribution in [0, 0.1) is 0 Å². The van der Waals surface area contributed by atoms with E-state index in [0.717, 1.165) is 0 Å². The molecule has 51 heteroatoms. The fraction of sp³-hybridized carbons (Fsp3) is 1.00. The molecule has 2 aliphatic rings. The molecule has 328 valence electrons. The summed E-state index contributed by atoms with van der Waals surface area (Å²) < 4.78 is 320. The number of hydrogen-bond acceptors (Lipinski definition) is 35. The van der Waals surface area contributed by atoms with Crippen molar-refractivity contribution in [3.8, 4) is 0 Å². The second kappa shape index (κ2) is 32.4. The standard InChI is InChI=1S/C12H22O35S8.8Na/c13-48(14,15)37-1-4-6(43-51(22,23)24)8(45-53(28,29)30)9(46-54(31,32)33)11(40-4)42-12(3-39-50(19,20)21)10(47-55(34,35)36)7(44-52(25,26)27)5(41-12)2-38-49(16,17)18;;;;;;;;/h4-11H,1-3H2,(H,13,14,15)(H,16,17,18)(H,19,20,21)(H,22,23,24)(H,25,26,27)(H,28,29,30)(H,31,32,33)(H,34,35,36);;;;;;;;/q;8*+1/p-8/t4-,5-,6-,7-,8+,9-,10+,11?,12+;;;;;;;;/m1......../s1. The summed E-state index contributed by atoms with van der Waals surface area (Å²) >= 11 is 0. The summed E-state index contributed by atoms with van der Waals surface area (Å²) in [5.74, 6) is -4.31. The van der Waals surface area contributed by atoms with Gasteiger partial charge in [-0.05, 0) is 0 Å². The maximum atomic E-state index is 11.7. The van der Waals surface area contributed by atoms with Crippen LogP contribution in [0.5, 0.6) is 0 Å². The fourth-order valence-corrected chi connectivity index (χ4v) is 7.60. The Hall–Kier alpha value is 6.84. The average Bonchev–Trinajstić information content (AvgIpc) is 3.15. The Kier molecular flexibility index (Phi) is 43.1.